The first-order valence-corrected chi connectivity index (χ1v) is 8.65. The molecule has 4 nitrogen and oxygen atoms in total. The lowest BCUT2D eigenvalue weighted by Gasteiger charge is -2.08. The van der Waals surface area contributed by atoms with Crippen molar-refractivity contribution in [3.8, 4) is 0 Å². The summed E-state index contributed by atoms with van der Waals surface area (Å²) in [7, 11) is -3.50. The summed E-state index contributed by atoms with van der Waals surface area (Å²) < 4.78 is 27.0. The molecule has 1 N–H and O–H groups in total. The Morgan fingerprint density at radius 3 is 2.55 bits per heavy atom. The summed E-state index contributed by atoms with van der Waals surface area (Å²) in [4.78, 5) is 4.24. The molecule has 1 heterocycles. The van der Waals surface area contributed by atoms with Crippen molar-refractivity contribution in [2.24, 2.45) is 0 Å². The van der Waals surface area contributed by atoms with Crippen LogP contribution in [0.1, 0.15) is 5.56 Å². The van der Waals surface area contributed by atoms with Crippen LogP contribution in [0.25, 0.3) is 10.9 Å². The highest BCUT2D eigenvalue weighted by atomic mass is 35.5. The number of benzene rings is 2. The maximum Gasteiger partial charge on any atom is 0.236 e. The number of para-hydroxylation sites is 1. The lowest BCUT2D eigenvalue weighted by Crippen LogP contribution is -2.15. The van der Waals surface area contributed by atoms with Crippen molar-refractivity contribution in [1.82, 2.24) is 4.98 Å². The van der Waals surface area contributed by atoms with Crippen LogP contribution < -0.4 is 4.72 Å². The molecule has 0 fully saturated rings. The molecule has 22 heavy (non-hydrogen) atoms. The number of hydrogen-bond acceptors (Lipinski definition) is 3. The highest BCUT2D eigenvalue weighted by molar-refractivity contribution is 7.91. The molecule has 0 aliphatic carbocycles. The fourth-order valence-corrected chi connectivity index (χ4v) is 3.44. The van der Waals surface area contributed by atoms with Gasteiger partial charge < -0.3 is 0 Å². The summed E-state index contributed by atoms with van der Waals surface area (Å²) in [6, 6.07) is 16.0. The number of halogens is 1. The van der Waals surface area contributed by atoms with Gasteiger partial charge >= 0.3 is 0 Å². The lowest BCUT2D eigenvalue weighted by molar-refractivity contribution is 0.600. The zero-order valence-corrected chi connectivity index (χ0v) is 13.1. The van der Waals surface area contributed by atoms with Crippen molar-refractivity contribution < 1.29 is 8.42 Å². The number of nitrogens with zero attached hydrogens (tertiary/aromatic N) is 1. The second-order valence-corrected chi connectivity index (χ2v) is 7.06. The second-order valence-electron chi connectivity index (χ2n) is 4.90. The minimum Gasteiger partial charge on any atom is -0.282 e. The Morgan fingerprint density at radius 2 is 1.77 bits per heavy atom. The molecule has 6 heteroatoms. The van der Waals surface area contributed by atoms with Gasteiger partial charge in [-0.3, -0.25) is 9.71 Å². The van der Waals surface area contributed by atoms with E-state index in [1.165, 1.54) is 6.20 Å². The third-order valence-electron chi connectivity index (χ3n) is 3.13. The normalized spacial score (nSPS) is 11.5. The molecule has 0 spiro atoms. The zero-order chi connectivity index (χ0) is 15.6. The first kappa shape index (κ1) is 14.8. The van der Waals surface area contributed by atoms with E-state index in [0.717, 1.165) is 10.9 Å². The summed E-state index contributed by atoms with van der Waals surface area (Å²) in [6.45, 7) is 0. The highest BCUT2D eigenvalue weighted by Gasteiger charge is 2.12. The molecule has 0 saturated heterocycles. The van der Waals surface area contributed by atoms with Crippen LogP contribution in [0, 0.1) is 0 Å². The van der Waals surface area contributed by atoms with Crippen LogP contribution in [0.3, 0.4) is 0 Å². The molecule has 0 aliphatic rings. The molecule has 3 rings (SSSR count). The van der Waals surface area contributed by atoms with E-state index in [0.29, 0.717) is 16.3 Å². The van der Waals surface area contributed by atoms with Gasteiger partial charge in [-0.2, -0.15) is 0 Å². The van der Waals surface area contributed by atoms with Gasteiger partial charge in [-0.25, -0.2) is 8.42 Å². The Labute approximate surface area is 133 Å². The van der Waals surface area contributed by atoms with Crippen LogP contribution >= 0.6 is 11.6 Å². The molecule has 0 amide bonds. The van der Waals surface area contributed by atoms with Crippen molar-refractivity contribution in [1.29, 1.82) is 0 Å². The zero-order valence-electron chi connectivity index (χ0n) is 11.5. The monoisotopic (exact) mass is 332 g/mol. The third-order valence-corrected chi connectivity index (χ3v) is 4.65. The summed E-state index contributed by atoms with van der Waals surface area (Å²) in [5.74, 6) is -0.114. The summed E-state index contributed by atoms with van der Waals surface area (Å²) in [5.41, 5.74) is 1.95. The van der Waals surface area contributed by atoms with Gasteiger partial charge in [-0.15, -0.1) is 0 Å². The van der Waals surface area contributed by atoms with Crippen LogP contribution in [0.4, 0.5) is 5.69 Å². The molecule has 0 atom stereocenters. The quantitative estimate of drug-likeness (QED) is 0.790. The minimum absolute atomic E-state index is 0.114. The maximum atomic E-state index is 12.2. The van der Waals surface area contributed by atoms with Crippen molar-refractivity contribution in [2.75, 3.05) is 4.72 Å². The number of rotatable bonds is 4. The van der Waals surface area contributed by atoms with E-state index in [1.54, 1.807) is 30.3 Å². The molecule has 3 aromatic rings. The van der Waals surface area contributed by atoms with Gasteiger partial charge in [0.05, 0.1) is 23.2 Å². The van der Waals surface area contributed by atoms with Gasteiger partial charge in [0.25, 0.3) is 0 Å². The van der Waals surface area contributed by atoms with Gasteiger partial charge in [-0.1, -0.05) is 41.9 Å². The standard InChI is InChI=1S/C16H13ClN2O2S/c17-14-7-5-12(6-8-14)11-22(20,21)19-15-9-13-3-1-2-4-16(13)18-10-15/h1-10,19H,11H2. The molecule has 0 saturated carbocycles. The largest absolute Gasteiger partial charge is 0.282 e. The van der Waals surface area contributed by atoms with Crippen LogP contribution in [0.2, 0.25) is 5.02 Å². The van der Waals surface area contributed by atoms with Crippen molar-refractivity contribution >= 4 is 38.2 Å². The molecule has 0 aliphatic heterocycles. The Bertz CT molecular complexity index is 909. The third kappa shape index (κ3) is 3.55. The smallest absolute Gasteiger partial charge is 0.236 e. The average molecular weight is 333 g/mol. The van der Waals surface area contributed by atoms with E-state index < -0.39 is 10.0 Å². The summed E-state index contributed by atoms with van der Waals surface area (Å²) >= 11 is 5.79. The fraction of sp³-hybridized carbons (Fsp3) is 0.0625. The Hall–Kier alpha value is -2.11. The van der Waals surface area contributed by atoms with Gasteiger partial charge in [0.1, 0.15) is 0 Å². The van der Waals surface area contributed by atoms with E-state index in [4.69, 9.17) is 11.6 Å². The predicted octanol–water partition coefficient (Wildman–Crippen LogP) is 3.83. The van der Waals surface area contributed by atoms with Gasteiger partial charge in [-0.05, 0) is 29.8 Å². The Morgan fingerprint density at radius 1 is 1.05 bits per heavy atom. The molecular formula is C16H13ClN2O2S. The molecule has 0 bridgehead atoms. The highest BCUT2D eigenvalue weighted by Crippen LogP contribution is 2.18. The number of hydrogen-bond donors (Lipinski definition) is 1. The molecule has 0 radical (unpaired) electrons. The summed E-state index contributed by atoms with van der Waals surface area (Å²) in [6.07, 6.45) is 1.52. The Kier molecular flexibility index (Phi) is 4.00. The van der Waals surface area contributed by atoms with Crippen molar-refractivity contribution in [3.05, 3.63) is 71.4 Å². The average Bonchev–Trinajstić information content (AvgIpc) is 2.49. The van der Waals surface area contributed by atoms with Crippen molar-refractivity contribution in [2.45, 2.75) is 5.75 Å². The van der Waals surface area contributed by atoms with E-state index >= 15 is 0 Å². The van der Waals surface area contributed by atoms with Gasteiger partial charge in [0.15, 0.2) is 0 Å². The predicted molar refractivity (Wildman–Crippen MR) is 89.4 cm³/mol. The maximum absolute atomic E-state index is 12.2. The number of nitrogens with one attached hydrogen (secondary N) is 1. The molecule has 112 valence electrons. The van der Waals surface area contributed by atoms with E-state index in [1.807, 2.05) is 24.3 Å². The van der Waals surface area contributed by atoms with Gasteiger partial charge in [0, 0.05) is 10.4 Å². The number of fused-ring (bicyclic) bond motifs is 1. The second kappa shape index (κ2) is 5.94. The van der Waals surface area contributed by atoms with Crippen molar-refractivity contribution in [3.63, 3.8) is 0 Å². The lowest BCUT2D eigenvalue weighted by atomic mass is 10.2. The number of pyridine rings is 1. The molecule has 1 aromatic heterocycles. The van der Waals surface area contributed by atoms with Crippen LogP contribution in [0.15, 0.2) is 60.8 Å². The van der Waals surface area contributed by atoms with Crippen LogP contribution in [-0.2, 0) is 15.8 Å². The topological polar surface area (TPSA) is 59.1 Å². The van der Waals surface area contributed by atoms with E-state index in [9.17, 15) is 8.42 Å². The number of sulfonamides is 1. The Balaban J connectivity index is 1.81. The molecule has 0 unspecified atom stereocenters. The van der Waals surface area contributed by atoms with Crippen LogP contribution in [-0.4, -0.2) is 13.4 Å². The summed E-state index contributed by atoms with van der Waals surface area (Å²) in [5, 5.41) is 1.46. The minimum atomic E-state index is -3.50. The molecular weight excluding hydrogens is 320 g/mol. The number of anilines is 1. The van der Waals surface area contributed by atoms with E-state index in [-0.39, 0.29) is 5.75 Å². The van der Waals surface area contributed by atoms with Crippen LogP contribution in [0.5, 0.6) is 0 Å². The number of aromatic nitrogens is 1. The SMILES string of the molecule is O=S(=O)(Cc1ccc(Cl)cc1)Nc1cnc2ccccc2c1. The fourth-order valence-electron chi connectivity index (χ4n) is 2.14. The molecule has 2 aromatic carbocycles. The van der Waals surface area contributed by atoms with E-state index in [2.05, 4.69) is 9.71 Å². The first-order valence-electron chi connectivity index (χ1n) is 6.62. The first-order chi connectivity index (χ1) is 10.5. The van der Waals surface area contributed by atoms with Gasteiger partial charge in [0.2, 0.25) is 10.0 Å².